The first-order valence-electron chi connectivity index (χ1n) is 10.2. The third-order valence-corrected chi connectivity index (χ3v) is 5.62. The number of rotatable bonds is 6. The van der Waals surface area contributed by atoms with Gasteiger partial charge in [0.25, 0.3) is 0 Å². The van der Waals surface area contributed by atoms with Crippen LogP contribution in [0, 0.1) is 0 Å². The van der Waals surface area contributed by atoms with Crippen LogP contribution in [0.1, 0.15) is 43.2 Å². The maximum atomic E-state index is 12.3. The van der Waals surface area contributed by atoms with Crippen LogP contribution in [-0.4, -0.2) is 42.6 Å². The van der Waals surface area contributed by atoms with Crippen LogP contribution >= 0.6 is 0 Å². The fourth-order valence-corrected chi connectivity index (χ4v) is 4.22. The number of nitrogens with zero attached hydrogens (tertiary/aromatic N) is 1. The molecule has 1 aliphatic carbocycles. The molecule has 0 bridgehead atoms. The lowest BCUT2D eigenvalue weighted by molar-refractivity contribution is -0.246. The van der Waals surface area contributed by atoms with Gasteiger partial charge in [-0.05, 0) is 35.1 Å². The van der Waals surface area contributed by atoms with Crippen LogP contribution in [0.5, 0.6) is 0 Å². The van der Waals surface area contributed by atoms with Crippen molar-refractivity contribution in [2.45, 2.75) is 38.1 Å². The lowest BCUT2D eigenvalue weighted by Gasteiger charge is -2.17. The van der Waals surface area contributed by atoms with Gasteiger partial charge in [-0.2, -0.15) is 4.89 Å². The van der Waals surface area contributed by atoms with Gasteiger partial charge in [0.15, 0.2) is 0 Å². The van der Waals surface area contributed by atoms with Gasteiger partial charge in [0, 0.05) is 31.5 Å². The summed E-state index contributed by atoms with van der Waals surface area (Å²) in [7, 11) is 0. The summed E-state index contributed by atoms with van der Waals surface area (Å²) in [5.41, 5.74) is 4.77. The largest absolute Gasteiger partial charge is 0.441 e. The molecule has 0 radical (unpaired) electrons. The molecule has 1 unspecified atom stereocenters. The van der Waals surface area contributed by atoms with Gasteiger partial charge in [0.1, 0.15) is 6.61 Å². The Labute approximate surface area is 170 Å². The van der Waals surface area contributed by atoms with Gasteiger partial charge in [0.2, 0.25) is 5.91 Å². The van der Waals surface area contributed by atoms with E-state index in [4.69, 9.17) is 9.78 Å². The molecule has 0 saturated carbocycles. The minimum Gasteiger partial charge on any atom is -0.352 e. The number of carbonyl (C=O) groups is 2. The summed E-state index contributed by atoms with van der Waals surface area (Å²) in [6, 6.07) is 16.5. The predicted octanol–water partition coefficient (Wildman–Crippen LogP) is 3.86. The summed E-state index contributed by atoms with van der Waals surface area (Å²) >= 11 is 0. The van der Waals surface area contributed by atoms with Crippen molar-refractivity contribution in [1.29, 1.82) is 0 Å². The summed E-state index contributed by atoms with van der Waals surface area (Å²) in [6.07, 6.45) is 1.55. The average Bonchev–Trinajstić information content (AvgIpc) is 3.32. The molecule has 2 aromatic carbocycles. The van der Waals surface area contributed by atoms with Crippen molar-refractivity contribution in [3.05, 3.63) is 59.7 Å². The Morgan fingerprint density at radius 1 is 1.07 bits per heavy atom. The fourth-order valence-electron chi connectivity index (χ4n) is 4.22. The van der Waals surface area contributed by atoms with Crippen molar-refractivity contribution < 1.29 is 19.4 Å². The molecule has 1 aliphatic heterocycles. The van der Waals surface area contributed by atoms with Crippen LogP contribution in [0.25, 0.3) is 11.1 Å². The van der Waals surface area contributed by atoms with Crippen LogP contribution < -0.4 is 5.32 Å². The molecule has 6 heteroatoms. The second kappa shape index (κ2) is 8.66. The van der Waals surface area contributed by atoms with Gasteiger partial charge in [-0.3, -0.25) is 9.68 Å². The van der Waals surface area contributed by atoms with Gasteiger partial charge >= 0.3 is 6.09 Å². The number of fused-ring (bicyclic) bond motifs is 3. The molecule has 2 aliphatic rings. The van der Waals surface area contributed by atoms with E-state index >= 15 is 0 Å². The smallest absolute Gasteiger partial charge is 0.352 e. The van der Waals surface area contributed by atoms with E-state index in [0.717, 1.165) is 12.8 Å². The zero-order valence-electron chi connectivity index (χ0n) is 16.6. The number of carbonyl (C=O) groups excluding carboxylic acids is 2. The van der Waals surface area contributed by atoms with E-state index < -0.39 is 6.09 Å². The second-order valence-corrected chi connectivity index (χ2v) is 7.61. The molecule has 1 saturated heterocycles. The molecule has 0 spiro atoms. The molecule has 4 rings (SSSR count). The van der Waals surface area contributed by atoms with Crippen LogP contribution in [0.2, 0.25) is 0 Å². The zero-order chi connectivity index (χ0) is 20.2. The number of amides is 2. The molecular formula is C23H26N2O4. The SMILES string of the molecule is CCCC(=O)NC1CCN(C(=O)OOCC2c3ccccc3-c3ccccc32)C1. The van der Waals surface area contributed by atoms with Crippen molar-refractivity contribution in [1.82, 2.24) is 10.2 Å². The molecule has 1 atom stereocenters. The van der Waals surface area contributed by atoms with E-state index in [0.29, 0.717) is 19.5 Å². The van der Waals surface area contributed by atoms with Gasteiger partial charge in [-0.1, -0.05) is 55.5 Å². The Hall–Kier alpha value is -2.86. The highest BCUT2D eigenvalue weighted by atomic mass is 17.2. The molecule has 1 fully saturated rings. The third-order valence-electron chi connectivity index (χ3n) is 5.62. The quantitative estimate of drug-likeness (QED) is 0.597. The van der Waals surface area contributed by atoms with Gasteiger partial charge < -0.3 is 10.2 Å². The lowest BCUT2D eigenvalue weighted by atomic mass is 9.98. The summed E-state index contributed by atoms with van der Waals surface area (Å²) in [4.78, 5) is 36.1. The summed E-state index contributed by atoms with van der Waals surface area (Å²) in [6.45, 7) is 3.24. The van der Waals surface area contributed by atoms with E-state index in [1.807, 2.05) is 31.2 Å². The Bertz CT molecular complexity index is 852. The minimum atomic E-state index is -0.503. The van der Waals surface area contributed by atoms with Gasteiger partial charge in [-0.25, -0.2) is 4.79 Å². The van der Waals surface area contributed by atoms with Crippen LogP contribution in [-0.2, 0) is 14.6 Å². The Morgan fingerprint density at radius 3 is 2.38 bits per heavy atom. The zero-order valence-corrected chi connectivity index (χ0v) is 16.6. The molecule has 0 aromatic heterocycles. The maximum Gasteiger partial charge on any atom is 0.441 e. The standard InChI is InChI=1S/C23H26N2O4/c1-2-7-22(26)24-16-12-13-25(14-16)23(27)29-28-15-21-19-10-5-3-8-17(19)18-9-4-6-11-20(18)21/h3-6,8-11,16,21H,2,7,12-15H2,1H3,(H,24,26). The first-order valence-corrected chi connectivity index (χ1v) is 10.2. The van der Waals surface area contributed by atoms with Crippen molar-refractivity contribution in [3.63, 3.8) is 0 Å². The molecular weight excluding hydrogens is 368 g/mol. The van der Waals surface area contributed by atoms with Gasteiger partial charge in [-0.15, -0.1) is 0 Å². The molecule has 2 amide bonds. The van der Waals surface area contributed by atoms with E-state index in [9.17, 15) is 9.59 Å². The van der Waals surface area contributed by atoms with Crippen molar-refractivity contribution in [2.24, 2.45) is 0 Å². The number of nitrogens with one attached hydrogen (secondary N) is 1. The first-order chi connectivity index (χ1) is 14.2. The lowest BCUT2D eigenvalue weighted by Crippen LogP contribution is -2.38. The Kier molecular flexibility index (Phi) is 5.81. The van der Waals surface area contributed by atoms with Crippen molar-refractivity contribution in [3.8, 4) is 11.1 Å². The highest BCUT2D eigenvalue weighted by Gasteiger charge is 2.31. The Balaban J connectivity index is 1.31. The first kappa shape index (κ1) is 19.5. The minimum absolute atomic E-state index is 0.0183. The molecule has 29 heavy (non-hydrogen) atoms. The monoisotopic (exact) mass is 394 g/mol. The van der Waals surface area contributed by atoms with Gasteiger partial charge in [0.05, 0.1) is 0 Å². The molecule has 152 valence electrons. The fraction of sp³-hybridized carbons (Fsp3) is 0.391. The Morgan fingerprint density at radius 2 is 1.72 bits per heavy atom. The number of hydrogen-bond acceptors (Lipinski definition) is 4. The van der Waals surface area contributed by atoms with E-state index in [-0.39, 0.29) is 24.5 Å². The summed E-state index contributed by atoms with van der Waals surface area (Å²) in [5, 5.41) is 2.96. The van der Waals surface area contributed by atoms with E-state index in [1.165, 1.54) is 22.3 Å². The third kappa shape index (κ3) is 4.12. The van der Waals surface area contributed by atoms with Crippen LogP contribution in [0.15, 0.2) is 48.5 Å². The molecule has 1 heterocycles. The van der Waals surface area contributed by atoms with Crippen LogP contribution in [0.4, 0.5) is 4.79 Å². The number of hydrogen-bond donors (Lipinski definition) is 1. The highest BCUT2D eigenvalue weighted by Crippen LogP contribution is 2.44. The van der Waals surface area contributed by atoms with Crippen LogP contribution in [0.3, 0.4) is 0 Å². The maximum absolute atomic E-state index is 12.3. The average molecular weight is 394 g/mol. The molecule has 1 N–H and O–H groups in total. The normalized spacial score (nSPS) is 17.7. The number of likely N-dealkylation sites (tertiary alicyclic amines) is 1. The van der Waals surface area contributed by atoms with E-state index in [2.05, 4.69) is 29.6 Å². The summed E-state index contributed by atoms with van der Waals surface area (Å²) in [5.74, 6) is 0.0670. The number of benzene rings is 2. The summed E-state index contributed by atoms with van der Waals surface area (Å²) < 4.78 is 0. The van der Waals surface area contributed by atoms with Crippen molar-refractivity contribution >= 4 is 12.0 Å². The van der Waals surface area contributed by atoms with Crippen molar-refractivity contribution in [2.75, 3.05) is 19.7 Å². The molecule has 6 nitrogen and oxygen atoms in total. The predicted molar refractivity (Wildman–Crippen MR) is 109 cm³/mol. The second-order valence-electron chi connectivity index (χ2n) is 7.61. The van der Waals surface area contributed by atoms with E-state index in [1.54, 1.807) is 4.90 Å². The molecule has 2 aromatic rings. The topological polar surface area (TPSA) is 67.9 Å². The highest BCUT2D eigenvalue weighted by molar-refractivity contribution is 5.79.